The number of pyridine rings is 1. The van der Waals surface area contributed by atoms with E-state index in [0.29, 0.717) is 17.9 Å². The van der Waals surface area contributed by atoms with Crippen molar-refractivity contribution in [2.75, 3.05) is 0 Å². The van der Waals surface area contributed by atoms with Crippen LogP contribution in [0, 0.1) is 0 Å². The molecule has 0 atom stereocenters. The van der Waals surface area contributed by atoms with Crippen LogP contribution in [-0.2, 0) is 6.54 Å². The second kappa shape index (κ2) is 4.14. The predicted octanol–water partition coefficient (Wildman–Crippen LogP) is 1.06. The molecule has 0 bridgehead atoms. The Labute approximate surface area is 92.9 Å². The van der Waals surface area contributed by atoms with Crippen molar-refractivity contribution in [2.24, 2.45) is 5.73 Å². The number of aryl methyl sites for hydroxylation is 1. The SMILES string of the molecule is CCn1nc(-c2ccccn2)cc1C(N)=O. The highest BCUT2D eigenvalue weighted by Crippen LogP contribution is 2.16. The summed E-state index contributed by atoms with van der Waals surface area (Å²) in [6, 6.07) is 7.20. The Kier molecular flexibility index (Phi) is 2.68. The van der Waals surface area contributed by atoms with Gasteiger partial charge in [0.2, 0.25) is 0 Å². The monoisotopic (exact) mass is 216 g/mol. The van der Waals surface area contributed by atoms with Crippen LogP contribution in [0.4, 0.5) is 0 Å². The van der Waals surface area contributed by atoms with Crippen LogP contribution >= 0.6 is 0 Å². The standard InChI is InChI=1S/C11H12N4O/c1-2-15-10(11(12)16)7-9(14-15)8-5-3-4-6-13-8/h3-7H,2H2,1H3,(H2,12,16). The summed E-state index contributed by atoms with van der Waals surface area (Å²) in [5.74, 6) is -0.475. The molecule has 0 unspecified atom stereocenters. The molecule has 0 radical (unpaired) electrons. The molecule has 0 aromatic carbocycles. The van der Waals surface area contributed by atoms with Crippen molar-refractivity contribution in [2.45, 2.75) is 13.5 Å². The minimum absolute atomic E-state index is 0.406. The van der Waals surface area contributed by atoms with E-state index in [9.17, 15) is 4.79 Å². The van der Waals surface area contributed by atoms with Crippen LogP contribution in [0.2, 0.25) is 0 Å². The molecule has 0 fully saturated rings. The highest BCUT2D eigenvalue weighted by molar-refractivity contribution is 5.92. The lowest BCUT2D eigenvalue weighted by Crippen LogP contribution is -2.16. The average molecular weight is 216 g/mol. The van der Waals surface area contributed by atoms with Gasteiger partial charge in [-0.25, -0.2) is 0 Å². The van der Waals surface area contributed by atoms with Crippen LogP contribution in [0.15, 0.2) is 30.5 Å². The predicted molar refractivity (Wildman–Crippen MR) is 59.6 cm³/mol. The van der Waals surface area contributed by atoms with Crippen molar-refractivity contribution < 1.29 is 4.79 Å². The molecule has 2 N–H and O–H groups in total. The van der Waals surface area contributed by atoms with Crippen molar-refractivity contribution in [1.82, 2.24) is 14.8 Å². The van der Waals surface area contributed by atoms with E-state index in [0.717, 1.165) is 5.69 Å². The first-order valence-corrected chi connectivity index (χ1v) is 5.01. The first-order valence-electron chi connectivity index (χ1n) is 5.01. The number of hydrogen-bond donors (Lipinski definition) is 1. The zero-order chi connectivity index (χ0) is 11.5. The third-order valence-corrected chi connectivity index (χ3v) is 2.26. The third-order valence-electron chi connectivity index (χ3n) is 2.26. The zero-order valence-corrected chi connectivity index (χ0v) is 8.92. The molecule has 5 heteroatoms. The molecular formula is C11H12N4O. The molecule has 2 aromatic rings. The van der Waals surface area contributed by atoms with Crippen LogP contribution in [0.25, 0.3) is 11.4 Å². The van der Waals surface area contributed by atoms with Gasteiger partial charge in [0.1, 0.15) is 11.4 Å². The summed E-state index contributed by atoms with van der Waals surface area (Å²) >= 11 is 0. The van der Waals surface area contributed by atoms with Crippen molar-refractivity contribution in [3.8, 4) is 11.4 Å². The Bertz CT molecular complexity index is 504. The summed E-state index contributed by atoms with van der Waals surface area (Å²) in [6.45, 7) is 2.51. The van der Waals surface area contributed by atoms with Crippen LogP contribution in [0.1, 0.15) is 17.4 Å². The molecule has 1 amide bonds. The van der Waals surface area contributed by atoms with Gasteiger partial charge in [0, 0.05) is 12.7 Å². The molecule has 0 saturated heterocycles. The van der Waals surface area contributed by atoms with Crippen LogP contribution in [-0.4, -0.2) is 20.7 Å². The Morgan fingerprint density at radius 1 is 1.44 bits per heavy atom. The van der Waals surface area contributed by atoms with E-state index in [-0.39, 0.29) is 0 Å². The minimum Gasteiger partial charge on any atom is -0.364 e. The molecular weight excluding hydrogens is 204 g/mol. The van der Waals surface area contributed by atoms with Gasteiger partial charge in [-0.05, 0) is 25.1 Å². The van der Waals surface area contributed by atoms with Crippen LogP contribution < -0.4 is 5.73 Å². The van der Waals surface area contributed by atoms with E-state index in [2.05, 4.69) is 10.1 Å². The number of rotatable bonds is 3. The number of hydrogen-bond acceptors (Lipinski definition) is 3. The van der Waals surface area contributed by atoms with Gasteiger partial charge in [-0.15, -0.1) is 0 Å². The maximum absolute atomic E-state index is 11.2. The zero-order valence-electron chi connectivity index (χ0n) is 8.92. The van der Waals surface area contributed by atoms with E-state index in [1.165, 1.54) is 0 Å². The van der Waals surface area contributed by atoms with Crippen molar-refractivity contribution >= 4 is 5.91 Å². The Hall–Kier alpha value is -2.17. The van der Waals surface area contributed by atoms with Crippen molar-refractivity contribution in [1.29, 1.82) is 0 Å². The van der Waals surface area contributed by atoms with Crippen molar-refractivity contribution in [3.05, 3.63) is 36.2 Å². The van der Waals surface area contributed by atoms with E-state index in [1.54, 1.807) is 16.9 Å². The van der Waals surface area contributed by atoms with Crippen LogP contribution in [0.5, 0.6) is 0 Å². The lowest BCUT2D eigenvalue weighted by molar-refractivity contribution is 0.0990. The topological polar surface area (TPSA) is 73.8 Å². The average Bonchev–Trinajstić information content (AvgIpc) is 2.74. The molecule has 0 spiro atoms. The summed E-state index contributed by atoms with van der Waals surface area (Å²) < 4.78 is 1.58. The lowest BCUT2D eigenvalue weighted by atomic mass is 10.2. The smallest absolute Gasteiger partial charge is 0.266 e. The van der Waals surface area contributed by atoms with E-state index in [4.69, 9.17) is 5.73 Å². The van der Waals surface area contributed by atoms with Gasteiger partial charge in [0.25, 0.3) is 5.91 Å². The molecule has 2 heterocycles. The molecule has 0 saturated carbocycles. The highest BCUT2D eigenvalue weighted by Gasteiger charge is 2.12. The molecule has 82 valence electrons. The number of carbonyl (C=O) groups is 1. The Morgan fingerprint density at radius 2 is 2.25 bits per heavy atom. The van der Waals surface area contributed by atoms with Gasteiger partial charge >= 0.3 is 0 Å². The summed E-state index contributed by atoms with van der Waals surface area (Å²) in [5.41, 5.74) is 7.06. The number of nitrogens with two attached hydrogens (primary N) is 1. The molecule has 2 rings (SSSR count). The molecule has 0 aliphatic carbocycles. The Morgan fingerprint density at radius 3 is 2.75 bits per heavy atom. The minimum atomic E-state index is -0.475. The normalized spacial score (nSPS) is 10.3. The Balaban J connectivity index is 2.48. The van der Waals surface area contributed by atoms with E-state index in [1.807, 2.05) is 25.1 Å². The summed E-state index contributed by atoms with van der Waals surface area (Å²) in [4.78, 5) is 15.3. The van der Waals surface area contributed by atoms with Gasteiger partial charge in [-0.2, -0.15) is 5.10 Å². The van der Waals surface area contributed by atoms with Gasteiger partial charge < -0.3 is 5.73 Å². The van der Waals surface area contributed by atoms with Gasteiger partial charge in [-0.1, -0.05) is 6.07 Å². The molecule has 0 aliphatic heterocycles. The fourth-order valence-electron chi connectivity index (χ4n) is 1.50. The fourth-order valence-corrected chi connectivity index (χ4v) is 1.50. The number of carbonyl (C=O) groups excluding carboxylic acids is 1. The summed E-state index contributed by atoms with van der Waals surface area (Å²) in [5, 5.41) is 4.27. The van der Waals surface area contributed by atoms with Crippen molar-refractivity contribution in [3.63, 3.8) is 0 Å². The summed E-state index contributed by atoms with van der Waals surface area (Å²) in [6.07, 6.45) is 1.68. The van der Waals surface area contributed by atoms with Gasteiger partial charge in [0.15, 0.2) is 0 Å². The quantitative estimate of drug-likeness (QED) is 0.833. The maximum Gasteiger partial charge on any atom is 0.266 e. The second-order valence-electron chi connectivity index (χ2n) is 3.31. The van der Waals surface area contributed by atoms with Crippen LogP contribution in [0.3, 0.4) is 0 Å². The van der Waals surface area contributed by atoms with E-state index >= 15 is 0 Å². The highest BCUT2D eigenvalue weighted by atomic mass is 16.1. The second-order valence-corrected chi connectivity index (χ2v) is 3.31. The van der Waals surface area contributed by atoms with Gasteiger partial charge in [0.05, 0.1) is 5.69 Å². The number of aromatic nitrogens is 3. The maximum atomic E-state index is 11.2. The van der Waals surface area contributed by atoms with Gasteiger partial charge in [-0.3, -0.25) is 14.5 Å². The third kappa shape index (κ3) is 1.79. The first kappa shape index (κ1) is 10.4. The summed E-state index contributed by atoms with van der Waals surface area (Å²) in [7, 11) is 0. The largest absolute Gasteiger partial charge is 0.364 e. The number of amides is 1. The number of nitrogens with zero attached hydrogens (tertiary/aromatic N) is 3. The van der Waals surface area contributed by atoms with E-state index < -0.39 is 5.91 Å². The molecule has 16 heavy (non-hydrogen) atoms. The molecule has 5 nitrogen and oxygen atoms in total. The lowest BCUT2D eigenvalue weighted by Gasteiger charge is -1.98. The number of primary amides is 1. The molecule has 0 aliphatic rings. The fraction of sp³-hybridized carbons (Fsp3) is 0.182. The first-order chi connectivity index (χ1) is 7.72. The molecule has 2 aromatic heterocycles.